The van der Waals surface area contributed by atoms with E-state index in [9.17, 15) is 27.3 Å². The summed E-state index contributed by atoms with van der Waals surface area (Å²) in [4.78, 5) is 37.7. The molecular weight excluding hydrogens is 984 g/mol. The number of likely N-dealkylation sites (tertiary alicyclic amines) is 1. The maximum atomic E-state index is 13.9. The molecule has 0 bridgehead atoms. The van der Waals surface area contributed by atoms with Crippen LogP contribution in [0.3, 0.4) is 0 Å². The number of ether oxygens (including phenoxy) is 1. The highest BCUT2D eigenvalue weighted by atomic mass is 35.5. The maximum Gasteiger partial charge on any atom is 0.406 e. The number of piperidine rings is 1. The highest BCUT2D eigenvalue weighted by molar-refractivity contribution is 7.70. The fourth-order valence-corrected chi connectivity index (χ4v) is 11.7. The number of nitrogens with zero attached hydrogens (tertiary/aromatic N) is 7. The van der Waals surface area contributed by atoms with Crippen molar-refractivity contribution in [3.8, 4) is 16.8 Å². The topological polar surface area (TPSA) is 151 Å². The third-order valence-corrected chi connectivity index (χ3v) is 16.4. The minimum Gasteiger partial charge on any atom is -0.382 e. The number of carbonyl (C=O) groups is 2. The molecule has 6 heterocycles. The number of nitrogens with one attached hydrogen (secondary N) is 3. The number of hydrogen-bond donors (Lipinski definition) is 3. The van der Waals surface area contributed by atoms with E-state index in [0.29, 0.717) is 60.4 Å². The van der Waals surface area contributed by atoms with Gasteiger partial charge in [0.2, 0.25) is 11.8 Å². The van der Waals surface area contributed by atoms with E-state index in [1.165, 1.54) is 4.57 Å². The van der Waals surface area contributed by atoms with Gasteiger partial charge in [0.25, 0.3) is 0 Å². The van der Waals surface area contributed by atoms with Gasteiger partial charge in [-0.25, -0.2) is 0 Å². The zero-order valence-electron chi connectivity index (χ0n) is 40.8. The fourth-order valence-electron chi connectivity index (χ4n) is 9.51. The first-order chi connectivity index (χ1) is 34.4. The van der Waals surface area contributed by atoms with Gasteiger partial charge in [-0.2, -0.15) is 13.2 Å². The lowest BCUT2D eigenvalue weighted by molar-refractivity contribution is -0.141. The van der Waals surface area contributed by atoms with Crippen molar-refractivity contribution in [2.24, 2.45) is 4.99 Å². The zero-order valence-corrected chi connectivity index (χ0v) is 43.2. The lowest BCUT2D eigenvalue weighted by Gasteiger charge is -2.36. The van der Waals surface area contributed by atoms with Gasteiger partial charge in [-0.15, -0.1) is 21.5 Å². The molecule has 2 amide bonds. The van der Waals surface area contributed by atoms with Gasteiger partial charge >= 0.3 is 6.18 Å². The molecule has 3 aliphatic heterocycles. The lowest BCUT2D eigenvalue weighted by atomic mass is 9.99. The van der Waals surface area contributed by atoms with E-state index in [0.717, 1.165) is 61.8 Å². The number of fused-ring (bicyclic) bond motifs is 4. The predicted octanol–water partition coefficient (Wildman–Crippen LogP) is 8.34. The quantitative estimate of drug-likeness (QED) is 0.0767. The summed E-state index contributed by atoms with van der Waals surface area (Å²) >= 11 is 7.92. The second-order valence-electron chi connectivity index (χ2n) is 19.0. The van der Waals surface area contributed by atoms with Crippen molar-refractivity contribution in [2.45, 2.75) is 70.9 Å². The molecule has 2 atom stereocenters. The number of aromatic nitrogens is 4. The number of aryl methyl sites for hydroxylation is 2. The molecule has 3 aromatic carbocycles. The molecule has 3 N–H and O–H groups in total. The number of alkyl halides is 3. The molecule has 14 nitrogen and oxygen atoms in total. The summed E-state index contributed by atoms with van der Waals surface area (Å²) in [6.07, 6.45) is -3.37. The van der Waals surface area contributed by atoms with Crippen LogP contribution in [0.15, 0.2) is 77.8 Å². The zero-order chi connectivity index (χ0) is 50.9. The average Bonchev–Trinajstić information content (AvgIpc) is 3.97. The molecule has 3 aliphatic rings. The first-order valence-electron chi connectivity index (χ1n) is 24.0. The monoisotopic (exact) mass is 1040 g/mol. The Kier molecular flexibility index (Phi) is 15.0. The van der Waals surface area contributed by atoms with Gasteiger partial charge < -0.3 is 34.7 Å². The Morgan fingerprint density at radius 2 is 1.74 bits per heavy atom. The molecule has 0 aliphatic carbocycles. The first-order valence-corrected chi connectivity index (χ1v) is 27.8. The van der Waals surface area contributed by atoms with Crippen LogP contribution in [-0.4, -0.2) is 131 Å². The summed E-state index contributed by atoms with van der Waals surface area (Å²) in [6, 6.07) is 21.2. The largest absolute Gasteiger partial charge is 0.406 e. The summed E-state index contributed by atoms with van der Waals surface area (Å²) < 4.78 is 63.3. The Balaban J connectivity index is 0.781. The molecule has 2 saturated heterocycles. The Labute approximate surface area is 425 Å². The number of rotatable bonds is 13. The van der Waals surface area contributed by atoms with E-state index in [4.69, 9.17) is 21.3 Å². The maximum absolute atomic E-state index is 13.9. The van der Waals surface area contributed by atoms with E-state index in [-0.39, 0.29) is 49.6 Å². The van der Waals surface area contributed by atoms with E-state index in [2.05, 4.69) is 56.7 Å². The molecule has 0 radical (unpaired) electrons. The minimum atomic E-state index is -4.46. The van der Waals surface area contributed by atoms with Crippen LogP contribution < -0.4 is 21.3 Å². The standard InChI is InChI=1S/C52H57ClF3N10O4PS/c1-32-33(2)72-51-48(32)49(35-11-13-36(53)14-12-35)60-44(50-62-61-34(3)66(50)51)27-46(67)58-28-40-29-64(24-25-70-40)47(68)30-63-22-19-38(20-23-63)59-43-9-6-10-45-42(43)26-39(65(45)31-52(54,55)56)8-7-21-57-37-15-17-41(18-16-37)71(4,5)69/h6,9-18,26,38,40,44,57,59H,19-25,27-31H2,1-5H3,(H,58,67)/t40?,44-/m0/s1. The summed E-state index contributed by atoms with van der Waals surface area (Å²) in [7, 11) is -2.39. The number of aliphatic imine (C=N–C) groups is 1. The van der Waals surface area contributed by atoms with E-state index < -0.39 is 32.0 Å². The van der Waals surface area contributed by atoms with Crippen LogP contribution >= 0.6 is 30.1 Å². The third-order valence-electron chi connectivity index (χ3n) is 13.4. The molecular formula is C52H57ClF3N10O4PS. The molecule has 0 saturated carbocycles. The van der Waals surface area contributed by atoms with E-state index in [1.54, 1.807) is 59.9 Å². The van der Waals surface area contributed by atoms with Crippen molar-refractivity contribution < 1.29 is 32.1 Å². The number of hydrogen-bond acceptors (Lipinski definition) is 11. The molecule has 3 aromatic heterocycles. The van der Waals surface area contributed by atoms with Crippen LogP contribution in [0.1, 0.15) is 64.2 Å². The molecule has 1 unspecified atom stereocenters. The molecule has 72 heavy (non-hydrogen) atoms. The van der Waals surface area contributed by atoms with Crippen LogP contribution in [0.2, 0.25) is 5.02 Å². The Morgan fingerprint density at radius 1 is 0.986 bits per heavy atom. The molecule has 9 rings (SSSR count). The van der Waals surface area contributed by atoms with Crippen molar-refractivity contribution in [1.82, 2.24) is 34.4 Å². The van der Waals surface area contributed by atoms with E-state index >= 15 is 0 Å². The molecule has 2 fully saturated rings. The molecule has 0 spiro atoms. The van der Waals surface area contributed by atoms with Crippen LogP contribution in [-0.2, 0) is 25.4 Å². The smallest absolute Gasteiger partial charge is 0.382 e. The number of benzene rings is 3. The van der Waals surface area contributed by atoms with Crippen molar-refractivity contribution in [3.05, 3.63) is 117 Å². The Morgan fingerprint density at radius 3 is 2.46 bits per heavy atom. The van der Waals surface area contributed by atoms with Crippen LogP contribution in [0.5, 0.6) is 0 Å². The van der Waals surface area contributed by atoms with Crippen molar-refractivity contribution in [1.29, 1.82) is 0 Å². The van der Waals surface area contributed by atoms with Crippen molar-refractivity contribution in [2.75, 3.05) is 76.4 Å². The summed E-state index contributed by atoms with van der Waals surface area (Å²) in [5, 5.41) is 21.7. The van der Waals surface area contributed by atoms with Gasteiger partial charge in [-0.3, -0.25) is 24.0 Å². The highest BCUT2D eigenvalue weighted by Gasteiger charge is 2.34. The van der Waals surface area contributed by atoms with Crippen LogP contribution in [0.25, 0.3) is 15.9 Å². The number of carbonyl (C=O) groups excluding carboxylic acids is 2. The van der Waals surface area contributed by atoms with Gasteiger partial charge in [0, 0.05) is 81.9 Å². The molecule has 20 heteroatoms. The summed E-state index contributed by atoms with van der Waals surface area (Å²) in [6.45, 7) is 11.4. The Hall–Kier alpha value is -5.96. The van der Waals surface area contributed by atoms with Crippen molar-refractivity contribution in [3.63, 3.8) is 0 Å². The second-order valence-corrected chi connectivity index (χ2v) is 23.8. The van der Waals surface area contributed by atoms with Crippen LogP contribution in [0, 0.1) is 32.6 Å². The van der Waals surface area contributed by atoms with Gasteiger partial charge in [-0.1, -0.05) is 35.7 Å². The highest BCUT2D eigenvalue weighted by Crippen LogP contribution is 2.40. The minimum absolute atomic E-state index is 0.0155. The Bertz CT molecular complexity index is 3130. The number of morpholine rings is 1. The van der Waals surface area contributed by atoms with Crippen LogP contribution in [0.4, 0.5) is 24.5 Å². The lowest BCUT2D eigenvalue weighted by Crippen LogP contribution is -2.52. The van der Waals surface area contributed by atoms with E-state index in [1.807, 2.05) is 54.0 Å². The number of anilines is 2. The number of amides is 2. The average molecular weight is 1040 g/mol. The summed E-state index contributed by atoms with van der Waals surface area (Å²) in [5.74, 6) is 6.98. The van der Waals surface area contributed by atoms with Gasteiger partial charge in [-0.05, 0) is 113 Å². The molecule has 6 aromatic rings. The number of halogens is 4. The van der Waals surface area contributed by atoms with Gasteiger partial charge in [0.1, 0.15) is 30.6 Å². The normalized spacial score (nSPS) is 17.6. The van der Waals surface area contributed by atoms with Gasteiger partial charge in [0.05, 0.1) is 49.1 Å². The fraction of sp³-hybridized carbons (Fsp3) is 0.404. The van der Waals surface area contributed by atoms with Crippen molar-refractivity contribution >= 4 is 75.2 Å². The second kappa shape index (κ2) is 21.2. The third kappa shape index (κ3) is 11.6. The predicted molar refractivity (Wildman–Crippen MR) is 279 cm³/mol. The van der Waals surface area contributed by atoms with Gasteiger partial charge in [0.15, 0.2) is 5.82 Å². The SMILES string of the molecule is Cc1sc2c(c1C)C(c1ccc(Cl)cc1)=N[C@@H](CC(=O)NCC1CN(C(=O)CN3CCC(Nc4cccc5c4cc(C#CCNc4ccc(P(C)(C)=O)cc4)n5CC(F)(F)F)CC3)CCO1)c1nnc(C)n1-2. The summed E-state index contributed by atoms with van der Waals surface area (Å²) in [5.41, 5.74) is 5.91. The molecule has 378 valence electrons. The first kappa shape index (κ1) is 51.0. The number of thiophene rings is 1.